The second-order valence-corrected chi connectivity index (χ2v) is 4.26. The lowest BCUT2D eigenvalue weighted by Crippen LogP contribution is -2.17. The van der Waals surface area contributed by atoms with Crippen molar-refractivity contribution in [2.45, 2.75) is 6.04 Å². The van der Waals surface area contributed by atoms with Crippen molar-refractivity contribution in [3.05, 3.63) is 58.2 Å². The van der Waals surface area contributed by atoms with E-state index in [0.29, 0.717) is 4.47 Å². The number of nitrogens with one attached hydrogen (secondary N) is 1. The van der Waals surface area contributed by atoms with Crippen LogP contribution in [-0.2, 0) is 0 Å². The molecule has 0 aliphatic heterocycles. The summed E-state index contributed by atoms with van der Waals surface area (Å²) < 4.78 is 18.9. The molecular weight excluding hydrogens is 273 g/mol. The zero-order valence-corrected chi connectivity index (χ0v) is 10.3. The van der Waals surface area contributed by atoms with Gasteiger partial charge in [0.15, 0.2) is 0 Å². The van der Waals surface area contributed by atoms with Gasteiger partial charge in [-0.05, 0) is 52.8 Å². The molecule has 2 aromatic rings. The van der Waals surface area contributed by atoms with Crippen molar-refractivity contribution in [2.24, 2.45) is 0 Å². The van der Waals surface area contributed by atoms with Gasteiger partial charge in [-0.25, -0.2) is 4.39 Å². The summed E-state index contributed by atoms with van der Waals surface area (Å²) in [6, 6.07) is 8.58. The van der Waals surface area contributed by atoms with E-state index in [1.807, 2.05) is 19.2 Å². The molecule has 0 saturated heterocycles. The van der Waals surface area contributed by atoms with Crippen LogP contribution >= 0.6 is 15.9 Å². The van der Waals surface area contributed by atoms with Crippen molar-refractivity contribution in [2.75, 3.05) is 7.05 Å². The molecule has 0 saturated carbocycles. The van der Waals surface area contributed by atoms with Crippen molar-refractivity contribution >= 4 is 15.9 Å². The summed E-state index contributed by atoms with van der Waals surface area (Å²) in [5.74, 6) is 0.541. The second-order valence-electron chi connectivity index (χ2n) is 3.41. The van der Waals surface area contributed by atoms with E-state index in [1.165, 1.54) is 6.07 Å². The summed E-state index contributed by atoms with van der Waals surface area (Å²) in [7, 11) is 1.84. The van der Waals surface area contributed by atoms with Gasteiger partial charge < -0.3 is 9.73 Å². The Kier molecular flexibility index (Phi) is 3.41. The Morgan fingerprint density at radius 1 is 1.38 bits per heavy atom. The molecule has 4 heteroatoms. The summed E-state index contributed by atoms with van der Waals surface area (Å²) in [5.41, 5.74) is 0.950. The van der Waals surface area contributed by atoms with Crippen LogP contribution in [0.1, 0.15) is 17.4 Å². The highest BCUT2D eigenvalue weighted by Crippen LogP contribution is 2.26. The van der Waals surface area contributed by atoms with Gasteiger partial charge in [0.05, 0.1) is 16.8 Å². The number of halogens is 2. The van der Waals surface area contributed by atoms with Crippen LogP contribution in [0.25, 0.3) is 0 Å². The smallest absolute Gasteiger partial charge is 0.137 e. The Balaban J connectivity index is 2.37. The number of furan rings is 1. The Morgan fingerprint density at radius 3 is 2.75 bits per heavy atom. The van der Waals surface area contributed by atoms with E-state index in [4.69, 9.17) is 4.42 Å². The SMILES string of the molecule is CNC(c1ccc(F)c(Br)c1)c1ccco1. The molecule has 0 radical (unpaired) electrons. The molecular formula is C12H11BrFNO. The molecule has 1 unspecified atom stereocenters. The summed E-state index contributed by atoms with van der Waals surface area (Å²) in [6.07, 6.45) is 1.62. The highest BCUT2D eigenvalue weighted by atomic mass is 79.9. The fraction of sp³-hybridized carbons (Fsp3) is 0.167. The van der Waals surface area contributed by atoms with E-state index in [1.54, 1.807) is 18.4 Å². The van der Waals surface area contributed by atoms with E-state index < -0.39 is 0 Å². The minimum Gasteiger partial charge on any atom is -0.467 e. The van der Waals surface area contributed by atoms with Gasteiger partial charge in [0, 0.05) is 0 Å². The molecule has 0 bridgehead atoms. The van der Waals surface area contributed by atoms with Crippen molar-refractivity contribution < 1.29 is 8.81 Å². The predicted octanol–water partition coefficient (Wildman–Crippen LogP) is 3.49. The lowest BCUT2D eigenvalue weighted by Gasteiger charge is -2.14. The van der Waals surface area contributed by atoms with Gasteiger partial charge >= 0.3 is 0 Å². The van der Waals surface area contributed by atoms with Crippen molar-refractivity contribution in [1.82, 2.24) is 5.32 Å². The molecule has 2 rings (SSSR count). The van der Waals surface area contributed by atoms with Gasteiger partial charge in [-0.3, -0.25) is 0 Å². The van der Waals surface area contributed by atoms with Crippen LogP contribution in [-0.4, -0.2) is 7.05 Å². The topological polar surface area (TPSA) is 25.2 Å². The Morgan fingerprint density at radius 2 is 2.19 bits per heavy atom. The summed E-state index contributed by atoms with van der Waals surface area (Å²) in [6.45, 7) is 0. The third-order valence-electron chi connectivity index (χ3n) is 2.39. The molecule has 0 aliphatic carbocycles. The molecule has 0 aliphatic rings. The van der Waals surface area contributed by atoms with Crippen molar-refractivity contribution in [1.29, 1.82) is 0 Å². The quantitative estimate of drug-likeness (QED) is 0.933. The molecule has 16 heavy (non-hydrogen) atoms. The minimum absolute atomic E-state index is 0.0631. The molecule has 0 fully saturated rings. The minimum atomic E-state index is -0.266. The van der Waals surface area contributed by atoms with E-state index in [0.717, 1.165) is 11.3 Å². The highest BCUT2D eigenvalue weighted by Gasteiger charge is 2.15. The molecule has 1 heterocycles. The van der Waals surface area contributed by atoms with Gasteiger partial charge in [-0.15, -0.1) is 0 Å². The maximum absolute atomic E-state index is 13.1. The van der Waals surface area contributed by atoms with Crippen LogP contribution in [0, 0.1) is 5.82 Å². The third-order valence-corrected chi connectivity index (χ3v) is 3.00. The van der Waals surface area contributed by atoms with Gasteiger partial charge in [0.25, 0.3) is 0 Å². The van der Waals surface area contributed by atoms with Crippen LogP contribution in [0.3, 0.4) is 0 Å². The molecule has 0 spiro atoms. The normalized spacial score (nSPS) is 12.7. The molecule has 84 valence electrons. The number of hydrogen-bond acceptors (Lipinski definition) is 2. The first kappa shape index (κ1) is 11.4. The third kappa shape index (κ3) is 2.18. The lowest BCUT2D eigenvalue weighted by molar-refractivity contribution is 0.463. The number of hydrogen-bond donors (Lipinski definition) is 1. The first-order chi connectivity index (χ1) is 7.72. The maximum atomic E-state index is 13.1. The summed E-state index contributed by atoms with van der Waals surface area (Å²) in [4.78, 5) is 0. The molecule has 1 aromatic carbocycles. The Labute approximate surface area is 102 Å². The zero-order chi connectivity index (χ0) is 11.5. The second kappa shape index (κ2) is 4.80. The maximum Gasteiger partial charge on any atom is 0.137 e. The van der Waals surface area contributed by atoms with Crippen molar-refractivity contribution in [3.8, 4) is 0 Å². The fourth-order valence-corrected chi connectivity index (χ4v) is 2.02. The standard InChI is InChI=1S/C12H11BrFNO/c1-15-12(11-3-2-6-16-11)8-4-5-10(14)9(13)7-8/h2-7,12,15H,1H3. The largest absolute Gasteiger partial charge is 0.467 e. The molecule has 1 aromatic heterocycles. The molecule has 2 nitrogen and oxygen atoms in total. The lowest BCUT2D eigenvalue weighted by atomic mass is 10.1. The average Bonchev–Trinajstić information content (AvgIpc) is 2.78. The van der Waals surface area contributed by atoms with Crippen LogP contribution in [0.2, 0.25) is 0 Å². The fourth-order valence-electron chi connectivity index (χ4n) is 1.62. The monoisotopic (exact) mass is 283 g/mol. The number of benzene rings is 1. The van der Waals surface area contributed by atoms with Crippen LogP contribution in [0.5, 0.6) is 0 Å². The Hall–Kier alpha value is -1.13. The van der Waals surface area contributed by atoms with Crippen molar-refractivity contribution in [3.63, 3.8) is 0 Å². The van der Waals surface area contributed by atoms with Crippen LogP contribution in [0.4, 0.5) is 4.39 Å². The molecule has 1 atom stereocenters. The first-order valence-corrected chi connectivity index (χ1v) is 5.67. The van der Waals surface area contributed by atoms with Crippen LogP contribution in [0.15, 0.2) is 45.5 Å². The Bertz CT molecular complexity index is 470. The van der Waals surface area contributed by atoms with E-state index in [2.05, 4.69) is 21.2 Å². The zero-order valence-electron chi connectivity index (χ0n) is 8.71. The predicted molar refractivity (Wildman–Crippen MR) is 63.7 cm³/mol. The summed E-state index contributed by atoms with van der Waals surface area (Å²) in [5, 5.41) is 3.13. The van der Waals surface area contributed by atoms with Gasteiger partial charge in [0.2, 0.25) is 0 Å². The van der Waals surface area contributed by atoms with Gasteiger partial charge in [-0.1, -0.05) is 6.07 Å². The molecule has 0 amide bonds. The average molecular weight is 284 g/mol. The van der Waals surface area contributed by atoms with E-state index in [-0.39, 0.29) is 11.9 Å². The number of rotatable bonds is 3. The van der Waals surface area contributed by atoms with Gasteiger partial charge in [-0.2, -0.15) is 0 Å². The van der Waals surface area contributed by atoms with Crippen LogP contribution < -0.4 is 5.32 Å². The summed E-state index contributed by atoms with van der Waals surface area (Å²) >= 11 is 3.17. The van der Waals surface area contributed by atoms with E-state index >= 15 is 0 Å². The van der Waals surface area contributed by atoms with Gasteiger partial charge in [0.1, 0.15) is 11.6 Å². The first-order valence-electron chi connectivity index (χ1n) is 4.88. The van der Waals surface area contributed by atoms with E-state index in [9.17, 15) is 4.39 Å². The highest BCUT2D eigenvalue weighted by molar-refractivity contribution is 9.10. The molecule has 1 N–H and O–H groups in total.